The van der Waals surface area contributed by atoms with Crippen molar-refractivity contribution in [1.29, 1.82) is 0 Å². The first kappa shape index (κ1) is 25.9. The third kappa shape index (κ3) is 5.82. The predicted octanol–water partition coefficient (Wildman–Crippen LogP) is 5.61. The molecule has 0 unspecified atom stereocenters. The lowest BCUT2D eigenvalue weighted by Gasteiger charge is -2.39. The molecule has 0 aliphatic carbocycles. The normalized spacial score (nSPS) is 18.6. The number of para-hydroxylation sites is 2. The van der Waals surface area contributed by atoms with Crippen LogP contribution in [0, 0.1) is 12.8 Å². The monoisotopic (exact) mass is 541 g/mol. The molecule has 0 radical (unpaired) electrons. The molecule has 3 heterocycles. The van der Waals surface area contributed by atoms with Crippen molar-refractivity contribution in [2.24, 2.45) is 5.92 Å². The van der Waals surface area contributed by atoms with Crippen molar-refractivity contribution in [3.8, 4) is 0 Å². The van der Waals surface area contributed by atoms with Crippen LogP contribution in [-0.4, -0.2) is 64.5 Å². The number of aryl methyl sites for hydroxylation is 1. The van der Waals surface area contributed by atoms with E-state index in [4.69, 9.17) is 16.6 Å². The third-order valence-electron chi connectivity index (χ3n) is 8.20. The van der Waals surface area contributed by atoms with Gasteiger partial charge in [0.05, 0.1) is 23.5 Å². The lowest BCUT2D eigenvalue weighted by atomic mass is 9.96. The van der Waals surface area contributed by atoms with E-state index in [1.165, 1.54) is 16.8 Å². The Balaban J connectivity index is 1.12. The molecule has 3 aromatic carbocycles. The van der Waals surface area contributed by atoms with Gasteiger partial charge in [-0.15, -0.1) is 0 Å². The second kappa shape index (κ2) is 11.4. The van der Waals surface area contributed by atoms with E-state index in [0.29, 0.717) is 5.91 Å². The number of nitrogens with zero attached hydrogens (tertiary/aromatic N) is 5. The maximum absolute atomic E-state index is 13.6. The topological polar surface area (TPSA) is 44.6 Å². The molecule has 6 nitrogen and oxygen atoms in total. The molecule has 1 atom stereocenters. The van der Waals surface area contributed by atoms with E-state index >= 15 is 0 Å². The highest BCUT2D eigenvalue weighted by molar-refractivity contribution is 6.30. The van der Waals surface area contributed by atoms with Crippen molar-refractivity contribution in [2.75, 3.05) is 44.2 Å². The smallest absolute Gasteiger partial charge is 0.227 e. The average Bonchev–Trinajstić information content (AvgIpc) is 3.31. The van der Waals surface area contributed by atoms with E-state index in [1.54, 1.807) is 0 Å². The molecule has 1 amide bonds. The molecule has 7 heteroatoms. The number of piperazine rings is 1. The highest BCUT2D eigenvalue weighted by Gasteiger charge is 2.31. The van der Waals surface area contributed by atoms with Crippen LogP contribution in [0.4, 0.5) is 5.69 Å². The van der Waals surface area contributed by atoms with Gasteiger partial charge in [-0.1, -0.05) is 53.6 Å². The number of hydrogen-bond acceptors (Lipinski definition) is 4. The third-order valence-corrected chi connectivity index (χ3v) is 8.45. The summed E-state index contributed by atoms with van der Waals surface area (Å²) < 4.78 is 2.31. The van der Waals surface area contributed by atoms with E-state index < -0.39 is 0 Å². The maximum Gasteiger partial charge on any atom is 0.227 e. The minimum atomic E-state index is 0.0544. The second-order valence-electron chi connectivity index (χ2n) is 11.0. The average molecular weight is 542 g/mol. The summed E-state index contributed by atoms with van der Waals surface area (Å²) in [6.07, 6.45) is 2.01. The molecule has 2 fully saturated rings. The van der Waals surface area contributed by atoms with Crippen molar-refractivity contribution in [3.63, 3.8) is 0 Å². The van der Waals surface area contributed by atoms with E-state index in [2.05, 4.69) is 80.8 Å². The first-order valence-corrected chi connectivity index (χ1v) is 14.4. The van der Waals surface area contributed by atoms with Crippen LogP contribution in [0.5, 0.6) is 0 Å². The van der Waals surface area contributed by atoms with E-state index in [9.17, 15) is 4.79 Å². The van der Waals surface area contributed by atoms with Crippen molar-refractivity contribution in [3.05, 3.63) is 94.8 Å². The van der Waals surface area contributed by atoms with Crippen molar-refractivity contribution < 1.29 is 4.79 Å². The van der Waals surface area contributed by atoms with Gasteiger partial charge in [0.15, 0.2) is 0 Å². The fourth-order valence-corrected chi connectivity index (χ4v) is 6.12. The summed E-state index contributed by atoms with van der Waals surface area (Å²) in [5.74, 6) is 1.42. The number of benzene rings is 3. The van der Waals surface area contributed by atoms with Crippen LogP contribution in [0.25, 0.3) is 11.0 Å². The zero-order valence-corrected chi connectivity index (χ0v) is 23.4. The van der Waals surface area contributed by atoms with Crippen LogP contribution in [0.1, 0.15) is 29.8 Å². The standard InChI is InChI=1S/C32H36ClN5O/c1-24-8-14-28(15-9-24)36-17-19-37(20-18-36)32(39)26-5-4-16-35(22-26)23-31-34-29-6-2-3-7-30(29)38(31)21-25-10-12-27(33)13-11-25/h2-3,6-15,26H,4-5,16-23H2,1H3/t26-/m0/s1. The Morgan fingerprint density at radius 3 is 2.41 bits per heavy atom. The molecular formula is C32H36ClN5O. The second-order valence-corrected chi connectivity index (χ2v) is 11.4. The molecule has 0 bridgehead atoms. The molecule has 6 rings (SSSR count). The summed E-state index contributed by atoms with van der Waals surface area (Å²) >= 11 is 6.13. The van der Waals surface area contributed by atoms with Gasteiger partial charge in [-0.05, 0) is 68.3 Å². The zero-order chi connectivity index (χ0) is 26.8. The van der Waals surface area contributed by atoms with Gasteiger partial charge in [-0.2, -0.15) is 0 Å². The number of carbonyl (C=O) groups excluding carboxylic acids is 1. The number of imidazole rings is 1. The van der Waals surface area contributed by atoms with Crippen molar-refractivity contribution >= 4 is 34.2 Å². The minimum Gasteiger partial charge on any atom is -0.368 e. The Morgan fingerprint density at radius 1 is 0.897 bits per heavy atom. The Kier molecular flexibility index (Phi) is 7.58. The predicted molar refractivity (Wildman–Crippen MR) is 158 cm³/mol. The number of hydrogen-bond donors (Lipinski definition) is 0. The number of aromatic nitrogens is 2. The Morgan fingerprint density at radius 2 is 1.64 bits per heavy atom. The molecule has 39 heavy (non-hydrogen) atoms. The molecule has 202 valence electrons. The molecule has 2 aliphatic heterocycles. The molecule has 2 aliphatic rings. The summed E-state index contributed by atoms with van der Waals surface area (Å²) in [6, 6.07) is 25.1. The van der Waals surface area contributed by atoms with Gasteiger partial charge < -0.3 is 14.4 Å². The fraction of sp³-hybridized carbons (Fsp3) is 0.375. The van der Waals surface area contributed by atoms with Crippen LogP contribution in [-0.2, 0) is 17.9 Å². The lowest BCUT2D eigenvalue weighted by Crippen LogP contribution is -2.52. The van der Waals surface area contributed by atoms with Crippen LogP contribution in [0.2, 0.25) is 5.02 Å². The molecule has 0 N–H and O–H groups in total. The van der Waals surface area contributed by atoms with Gasteiger partial charge >= 0.3 is 0 Å². The largest absolute Gasteiger partial charge is 0.368 e. The van der Waals surface area contributed by atoms with Crippen LogP contribution < -0.4 is 4.90 Å². The van der Waals surface area contributed by atoms with Gasteiger partial charge in [0.25, 0.3) is 0 Å². The number of likely N-dealkylation sites (tertiary alicyclic amines) is 1. The van der Waals surface area contributed by atoms with Gasteiger partial charge in [-0.25, -0.2) is 4.98 Å². The molecule has 0 saturated carbocycles. The molecule has 4 aromatic rings. The van der Waals surface area contributed by atoms with Gasteiger partial charge in [0.1, 0.15) is 5.82 Å². The van der Waals surface area contributed by atoms with Crippen LogP contribution >= 0.6 is 11.6 Å². The molecule has 0 spiro atoms. The summed E-state index contributed by atoms with van der Waals surface area (Å²) in [6.45, 7) is 8.75. The number of amides is 1. The first-order chi connectivity index (χ1) is 19.0. The Hall–Kier alpha value is -3.35. The number of fused-ring (bicyclic) bond motifs is 1. The summed E-state index contributed by atoms with van der Waals surface area (Å²) in [4.78, 5) is 25.5. The highest BCUT2D eigenvalue weighted by atomic mass is 35.5. The summed E-state index contributed by atoms with van der Waals surface area (Å²) in [5, 5.41) is 0.745. The number of halogens is 1. The maximum atomic E-state index is 13.6. The van der Waals surface area contributed by atoms with Crippen molar-refractivity contribution in [1.82, 2.24) is 19.4 Å². The number of rotatable bonds is 6. The van der Waals surface area contributed by atoms with Crippen molar-refractivity contribution in [2.45, 2.75) is 32.9 Å². The number of carbonyl (C=O) groups is 1. The number of anilines is 1. The molecular weight excluding hydrogens is 506 g/mol. The van der Waals surface area contributed by atoms with E-state index in [0.717, 1.165) is 87.1 Å². The Labute approximate surface area is 235 Å². The van der Waals surface area contributed by atoms with E-state index in [-0.39, 0.29) is 5.92 Å². The number of piperidine rings is 1. The lowest BCUT2D eigenvalue weighted by molar-refractivity contribution is -0.137. The van der Waals surface area contributed by atoms with E-state index in [1.807, 2.05) is 18.2 Å². The molecule has 1 aromatic heterocycles. The quantitative estimate of drug-likeness (QED) is 0.318. The van der Waals surface area contributed by atoms with Gasteiger partial charge in [0, 0.05) is 50.0 Å². The summed E-state index contributed by atoms with van der Waals surface area (Å²) in [5.41, 5.74) is 5.87. The summed E-state index contributed by atoms with van der Waals surface area (Å²) in [7, 11) is 0. The zero-order valence-electron chi connectivity index (χ0n) is 22.6. The Bertz CT molecular complexity index is 1420. The van der Waals surface area contributed by atoms with Crippen LogP contribution in [0.3, 0.4) is 0 Å². The highest BCUT2D eigenvalue weighted by Crippen LogP contribution is 2.25. The first-order valence-electron chi connectivity index (χ1n) is 14.0. The SMILES string of the molecule is Cc1ccc(N2CCN(C(=O)[C@H]3CCCN(Cc4nc5ccccc5n4Cc4ccc(Cl)cc4)C3)CC2)cc1. The van der Waals surface area contributed by atoms with Crippen LogP contribution in [0.15, 0.2) is 72.8 Å². The van der Waals surface area contributed by atoms with Gasteiger partial charge in [0.2, 0.25) is 5.91 Å². The molecule has 2 saturated heterocycles. The minimum absolute atomic E-state index is 0.0544. The van der Waals surface area contributed by atoms with Gasteiger partial charge in [-0.3, -0.25) is 9.69 Å². The fourth-order valence-electron chi connectivity index (χ4n) is 5.99.